The number of methoxy groups -OCH3 is 1. The zero-order valence-electron chi connectivity index (χ0n) is 8.23. The molecule has 0 aliphatic heterocycles. The lowest BCUT2D eigenvalue weighted by Gasteiger charge is -2.30. The fourth-order valence-corrected chi connectivity index (χ4v) is 1.41. The average molecular weight is 198 g/mol. The Kier molecular flexibility index (Phi) is 2.96. The summed E-state index contributed by atoms with van der Waals surface area (Å²) < 4.78 is 4.53. The van der Waals surface area contributed by atoms with Crippen molar-refractivity contribution in [3.63, 3.8) is 0 Å². The molecule has 0 heterocycles. The molecule has 0 bridgehead atoms. The van der Waals surface area contributed by atoms with Gasteiger partial charge in [-0.25, -0.2) is 0 Å². The van der Waals surface area contributed by atoms with E-state index in [1.165, 1.54) is 25.3 Å². The average Bonchev–Trinajstić information content (AvgIpc) is 2.15. The highest BCUT2D eigenvalue weighted by molar-refractivity contribution is 5.74. The molecule has 4 heteroatoms. The van der Waals surface area contributed by atoms with Crippen LogP contribution >= 0.6 is 0 Å². The molecule has 0 aromatic rings. The van der Waals surface area contributed by atoms with Crippen LogP contribution in [0.15, 0.2) is 24.0 Å². The summed E-state index contributed by atoms with van der Waals surface area (Å²) in [5.74, 6) is -1.13. The van der Waals surface area contributed by atoms with Gasteiger partial charge in [-0.1, -0.05) is 12.2 Å². The Balaban J connectivity index is 2.81. The summed E-state index contributed by atoms with van der Waals surface area (Å²) in [4.78, 5) is 11.2. The maximum atomic E-state index is 11.2. The molecule has 1 aliphatic carbocycles. The Morgan fingerprint density at radius 1 is 1.71 bits per heavy atom. The van der Waals surface area contributed by atoms with Crippen molar-refractivity contribution in [1.82, 2.24) is 0 Å². The number of aliphatic hydroxyl groups excluding tert-OH is 1. The first kappa shape index (κ1) is 10.8. The lowest BCUT2D eigenvalue weighted by Crippen LogP contribution is -2.40. The van der Waals surface area contributed by atoms with Crippen molar-refractivity contribution in [1.29, 1.82) is 0 Å². The van der Waals surface area contributed by atoms with E-state index in [1.807, 2.05) is 0 Å². The van der Waals surface area contributed by atoms with E-state index in [9.17, 15) is 15.0 Å². The van der Waals surface area contributed by atoms with Crippen LogP contribution in [0.4, 0.5) is 0 Å². The Morgan fingerprint density at radius 3 is 2.86 bits per heavy atom. The molecule has 2 N–H and O–H groups in total. The number of allylic oxidation sites excluding steroid dienone is 2. The molecule has 14 heavy (non-hydrogen) atoms. The van der Waals surface area contributed by atoms with Gasteiger partial charge in [-0.15, -0.1) is 0 Å². The highest BCUT2D eigenvalue weighted by Crippen LogP contribution is 2.29. The largest absolute Gasteiger partial charge is 0.512 e. The Labute approximate surface area is 82.5 Å². The molecule has 4 nitrogen and oxygen atoms in total. The number of aliphatic hydroxyl groups is 2. The Hall–Kier alpha value is -1.29. The third kappa shape index (κ3) is 1.96. The van der Waals surface area contributed by atoms with Crippen molar-refractivity contribution < 1.29 is 19.7 Å². The van der Waals surface area contributed by atoms with E-state index in [-0.39, 0.29) is 12.2 Å². The summed E-state index contributed by atoms with van der Waals surface area (Å²) in [6, 6.07) is 0. The highest BCUT2D eigenvalue weighted by atomic mass is 16.5. The first-order chi connectivity index (χ1) is 6.49. The molecular formula is C10H14O4. The minimum Gasteiger partial charge on any atom is -0.512 e. The summed E-state index contributed by atoms with van der Waals surface area (Å²) in [5, 5.41) is 19.3. The zero-order chi connectivity index (χ0) is 10.8. The van der Waals surface area contributed by atoms with E-state index < -0.39 is 17.5 Å². The molecule has 1 aliphatic rings. The fourth-order valence-electron chi connectivity index (χ4n) is 1.41. The molecule has 0 aromatic heterocycles. The Morgan fingerprint density at radius 2 is 2.36 bits per heavy atom. The molecule has 0 radical (unpaired) electrons. The van der Waals surface area contributed by atoms with Gasteiger partial charge in [0, 0.05) is 6.42 Å². The quantitative estimate of drug-likeness (QED) is 0.648. The first-order valence-corrected chi connectivity index (χ1v) is 4.37. The van der Waals surface area contributed by atoms with Crippen molar-refractivity contribution in [2.24, 2.45) is 5.92 Å². The van der Waals surface area contributed by atoms with Crippen LogP contribution in [0.2, 0.25) is 0 Å². The van der Waals surface area contributed by atoms with Crippen LogP contribution in [-0.4, -0.2) is 28.9 Å². The summed E-state index contributed by atoms with van der Waals surface area (Å²) in [5.41, 5.74) is -1.34. The second-order valence-corrected chi connectivity index (χ2v) is 3.43. The van der Waals surface area contributed by atoms with Crippen molar-refractivity contribution in [2.75, 3.05) is 7.11 Å². The molecule has 2 unspecified atom stereocenters. The van der Waals surface area contributed by atoms with E-state index in [2.05, 4.69) is 4.74 Å². The predicted octanol–water partition coefficient (Wildman–Crippen LogP) is 0.928. The second kappa shape index (κ2) is 3.84. The number of carbonyl (C=O) groups is 1. The number of esters is 1. The molecule has 0 saturated heterocycles. The van der Waals surface area contributed by atoms with Gasteiger partial charge in [0.25, 0.3) is 0 Å². The van der Waals surface area contributed by atoms with Crippen molar-refractivity contribution in [2.45, 2.75) is 18.9 Å². The monoisotopic (exact) mass is 198 g/mol. The first-order valence-electron chi connectivity index (χ1n) is 4.37. The molecule has 0 saturated carbocycles. The fraction of sp³-hybridized carbons (Fsp3) is 0.500. The van der Waals surface area contributed by atoms with E-state index in [4.69, 9.17) is 0 Å². The van der Waals surface area contributed by atoms with E-state index in [0.717, 1.165) is 0 Å². The van der Waals surface area contributed by atoms with Crippen molar-refractivity contribution >= 4 is 5.97 Å². The standard InChI is InChI=1S/C10H14O4/c1-7(9(12)14-2)10(13)5-3-4-8(11)6-10/h3-5,7,11,13H,6H2,1-2H3. The topological polar surface area (TPSA) is 66.8 Å². The van der Waals surface area contributed by atoms with Crippen LogP contribution in [0.5, 0.6) is 0 Å². The van der Waals surface area contributed by atoms with Gasteiger partial charge in [-0.05, 0) is 13.0 Å². The molecule has 0 spiro atoms. The maximum absolute atomic E-state index is 11.2. The highest BCUT2D eigenvalue weighted by Gasteiger charge is 2.38. The van der Waals surface area contributed by atoms with Gasteiger partial charge in [0.2, 0.25) is 0 Å². The summed E-state index contributed by atoms with van der Waals surface area (Å²) in [6.07, 6.45) is 4.55. The molecular weight excluding hydrogens is 184 g/mol. The third-order valence-corrected chi connectivity index (χ3v) is 2.44. The van der Waals surface area contributed by atoms with Crippen molar-refractivity contribution in [3.05, 3.63) is 24.0 Å². The summed E-state index contributed by atoms with van der Waals surface area (Å²) in [6.45, 7) is 1.56. The lowest BCUT2D eigenvalue weighted by molar-refractivity contribution is -0.152. The Bertz CT molecular complexity index is 292. The molecule has 0 fully saturated rings. The van der Waals surface area contributed by atoms with Gasteiger partial charge in [0.15, 0.2) is 0 Å². The van der Waals surface area contributed by atoms with Crippen LogP contribution in [0.3, 0.4) is 0 Å². The van der Waals surface area contributed by atoms with Crippen molar-refractivity contribution in [3.8, 4) is 0 Å². The van der Waals surface area contributed by atoms with Crippen LogP contribution in [0.1, 0.15) is 13.3 Å². The minimum atomic E-state index is -1.34. The van der Waals surface area contributed by atoms with Crippen LogP contribution in [-0.2, 0) is 9.53 Å². The SMILES string of the molecule is COC(=O)C(C)C1(O)C=CC=C(O)C1. The van der Waals surface area contributed by atoms with Gasteiger partial charge in [0.05, 0.1) is 18.8 Å². The van der Waals surface area contributed by atoms with Gasteiger partial charge in [-0.2, -0.15) is 0 Å². The summed E-state index contributed by atoms with van der Waals surface area (Å²) >= 11 is 0. The van der Waals surface area contributed by atoms with E-state index >= 15 is 0 Å². The second-order valence-electron chi connectivity index (χ2n) is 3.43. The molecule has 1 rings (SSSR count). The van der Waals surface area contributed by atoms with Gasteiger partial charge < -0.3 is 14.9 Å². The molecule has 2 atom stereocenters. The molecule has 0 aromatic carbocycles. The molecule has 78 valence electrons. The molecule has 0 amide bonds. The smallest absolute Gasteiger partial charge is 0.311 e. The van der Waals surface area contributed by atoms with Crippen LogP contribution in [0.25, 0.3) is 0 Å². The third-order valence-electron chi connectivity index (χ3n) is 2.44. The van der Waals surface area contributed by atoms with Gasteiger partial charge in [0.1, 0.15) is 5.60 Å². The van der Waals surface area contributed by atoms with Crippen LogP contribution < -0.4 is 0 Å². The number of hydrogen-bond acceptors (Lipinski definition) is 4. The van der Waals surface area contributed by atoms with E-state index in [0.29, 0.717) is 0 Å². The van der Waals surface area contributed by atoms with Gasteiger partial charge >= 0.3 is 5.97 Å². The number of carbonyl (C=O) groups excluding carboxylic acids is 1. The number of hydrogen-bond donors (Lipinski definition) is 2. The normalized spacial score (nSPS) is 28.1. The van der Waals surface area contributed by atoms with E-state index in [1.54, 1.807) is 6.92 Å². The number of ether oxygens (including phenoxy) is 1. The maximum Gasteiger partial charge on any atom is 0.311 e. The van der Waals surface area contributed by atoms with Crippen LogP contribution in [0, 0.1) is 5.92 Å². The predicted molar refractivity (Wildman–Crippen MR) is 50.6 cm³/mol. The zero-order valence-corrected chi connectivity index (χ0v) is 8.23. The minimum absolute atomic E-state index is 0.0414. The number of rotatable bonds is 2. The lowest BCUT2D eigenvalue weighted by atomic mass is 9.82. The summed E-state index contributed by atoms with van der Waals surface area (Å²) in [7, 11) is 1.27. The van der Waals surface area contributed by atoms with Gasteiger partial charge in [-0.3, -0.25) is 4.79 Å².